The van der Waals surface area contributed by atoms with Gasteiger partial charge >= 0.3 is 0 Å². The van der Waals surface area contributed by atoms with Gasteiger partial charge in [-0.1, -0.05) is 35.3 Å². The number of methoxy groups -OCH3 is 2. The Balaban J connectivity index is 1.66. The van der Waals surface area contributed by atoms with Crippen LogP contribution in [0.2, 0.25) is 10.0 Å². The first-order chi connectivity index (χ1) is 19.8. The van der Waals surface area contributed by atoms with Crippen LogP contribution in [0.1, 0.15) is 34.0 Å². The maximum absolute atomic E-state index is 12.4. The predicted molar refractivity (Wildman–Crippen MR) is 160 cm³/mol. The number of benzene rings is 3. The Labute approximate surface area is 249 Å². The van der Waals surface area contributed by atoms with Crippen molar-refractivity contribution in [1.82, 2.24) is 10.7 Å². The van der Waals surface area contributed by atoms with E-state index in [-0.39, 0.29) is 13.2 Å². The van der Waals surface area contributed by atoms with Crippen molar-refractivity contribution in [3.05, 3.63) is 93.5 Å². The van der Waals surface area contributed by atoms with Crippen LogP contribution in [-0.4, -0.2) is 45.4 Å². The van der Waals surface area contributed by atoms with E-state index in [1.54, 1.807) is 42.5 Å². The fraction of sp³-hybridized carbons (Fsp3) is 0.233. The second kappa shape index (κ2) is 15.5. The number of allylic oxidation sites excluding steroid dienone is 1. The van der Waals surface area contributed by atoms with Crippen molar-refractivity contribution in [3.63, 3.8) is 0 Å². The first kappa shape index (κ1) is 31.3. The van der Waals surface area contributed by atoms with Gasteiger partial charge in [0.2, 0.25) is 0 Å². The molecule has 0 saturated heterocycles. The van der Waals surface area contributed by atoms with Gasteiger partial charge < -0.3 is 24.3 Å². The number of amides is 2. The second-order valence-electron chi connectivity index (χ2n) is 8.50. The van der Waals surface area contributed by atoms with Gasteiger partial charge in [-0.05, 0) is 61.4 Å². The van der Waals surface area contributed by atoms with Gasteiger partial charge in [0.25, 0.3) is 11.8 Å². The largest absolute Gasteiger partial charge is 0.493 e. The quantitative estimate of drug-likeness (QED) is 0.142. The molecule has 0 saturated carbocycles. The van der Waals surface area contributed by atoms with Crippen LogP contribution in [-0.2, 0) is 17.8 Å². The molecule has 0 atom stereocenters. The summed E-state index contributed by atoms with van der Waals surface area (Å²) in [6.07, 6.45) is 3.72. The molecule has 0 fully saturated rings. The number of hydrogen-bond donors (Lipinski definition) is 2. The summed E-state index contributed by atoms with van der Waals surface area (Å²) >= 11 is 12.3. The topological polar surface area (TPSA) is 107 Å². The minimum absolute atomic E-state index is 0.207. The van der Waals surface area contributed by atoms with Gasteiger partial charge in [-0.3, -0.25) is 9.59 Å². The van der Waals surface area contributed by atoms with Crippen LogP contribution in [0, 0.1) is 0 Å². The van der Waals surface area contributed by atoms with Crippen LogP contribution in [0.4, 0.5) is 0 Å². The minimum Gasteiger partial charge on any atom is -0.493 e. The Hall–Kier alpha value is -4.21. The van der Waals surface area contributed by atoms with Crippen molar-refractivity contribution in [2.45, 2.75) is 20.0 Å². The highest BCUT2D eigenvalue weighted by Gasteiger charge is 2.15. The summed E-state index contributed by atoms with van der Waals surface area (Å²) in [7, 11) is 2.97. The van der Waals surface area contributed by atoms with Crippen molar-refractivity contribution >= 4 is 41.2 Å². The molecule has 216 valence electrons. The zero-order valence-corrected chi connectivity index (χ0v) is 24.5. The molecular formula is C30H31Cl2N3O6. The Morgan fingerprint density at radius 3 is 2.41 bits per heavy atom. The highest BCUT2D eigenvalue weighted by molar-refractivity contribution is 6.35. The Bertz CT molecular complexity index is 1430. The molecule has 0 heterocycles. The lowest BCUT2D eigenvalue weighted by Gasteiger charge is -2.17. The molecule has 0 aromatic heterocycles. The molecule has 0 radical (unpaired) electrons. The van der Waals surface area contributed by atoms with Gasteiger partial charge in [0.05, 0.1) is 33.6 Å². The number of nitrogens with one attached hydrogen (secondary N) is 2. The third kappa shape index (κ3) is 8.89. The van der Waals surface area contributed by atoms with Gasteiger partial charge in [0, 0.05) is 26.7 Å². The number of ether oxygens (including phenoxy) is 4. The smallest absolute Gasteiger partial charge is 0.259 e. The average molecular weight is 600 g/mol. The number of carbonyl (C=O) groups excluding carboxylic acids is 2. The number of nitrogens with zero attached hydrogens (tertiary/aromatic N) is 1. The third-order valence-electron chi connectivity index (χ3n) is 5.66. The molecule has 0 bridgehead atoms. The van der Waals surface area contributed by atoms with Crippen molar-refractivity contribution in [2.24, 2.45) is 5.10 Å². The van der Waals surface area contributed by atoms with E-state index in [9.17, 15) is 9.59 Å². The summed E-state index contributed by atoms with van der Waals surface area (Å²) in [6.45, 7) is 6.03. The van der Waals surface area contributed by atoms with Crippen LogP contribution in [0.15, 0.2) is 66.3 Å². The first-order valence-corrected chi connectivity index (χ1v) is 13.3. The normalized spacial score (nSPS) is 10.7. The molecule has 41 heavy (non-hydrogen) atoms. The predicted octanol–water partition coefficient (Wildman–Crippen LogP) is 5.60. The number of hydrogen-bond acceptors (Lipinski definition) is 7. The zero-order chi connectivity index (χ0) is 29.8. The Morgan fingerprint density at radius 2 is 1.73 bits per heavy atom. The average Bonchev–Trinajstić information content (AvgIpc) is 2.96. The fourth-order valence-corrected chi connectivity index (χ4v) is 4.20. The maximum Gasteiger partial charge on any atom is 0.259 e. The fourth-order valence-electron chi connectivity index (χ4n) is 3.74. The number of halogens is 2. The molecule has 9 nitrogen and oxygen atoms in total. The molecule has 0 spiro atoms. The third-order valence-corrected chi connectivity index (χ3v) is 6.25. The van der Waals surface area contributed by atoms with Gasteiger partial charge in [0.15, 0.2) is 23.0 Å². The van der Waals surface area contributed by atoms with Crippen LogP contribution in [0.5, 0.6) is 23.0 Å². The standard InChI is InChI=1S/C30H31Cl2N3O6/c1-5-7-20-12-19(13-27(40-6-2)29(20)41-18-22-8-10-23(31)15-24(22)32)16-34-35-28(36)17-33-30(37)21-9-11-25(38-3)26(14-21)39-4/h5,8-16H,1,6-7,17-18H2,2-4H3,(H,33,37)(H,35,36). The molecule has 3 rings (SSSR count). The summed E-state index contributed by atoms with van der Waals surface area (Å²) in [5.74, 6) is 0.998. The molecule has 11 heteroatoms. The molecule has 3 aromatic rings. The van der Waals surface area contributed by atoms with Crippen molar-refractivity contribution in [2.75, 3.05) is 27.4 Å². The second-order valence-corrected chi connectivity index (χ2v) is 9.35. The van der Waals surface area contributed by atoms with E-state index in [1.807, 2.05) is 13.0 Å². The van der Waals surface area contributed by atoms with E-state index in [2.05, 4.69) is 22.4 Å². The number of hydrazone groups is 1. The molecule has 0 aliphatic heterocycles. The zero-order valence-electron chi connectivity index (χ0n) is 23.0. The van der Waals surface area contributed by atoms with E-state index in [0.29, 0.717) is 57.2 Å². The summed E-state index contributed by atoms with van der Waals surface area (Å²) < 4.78 is 22.3. The molecule has 2 amide bonds. The van der Waals surface area contributed by atoms with Gasteiger partial charge in [-0.25, -0.2) is 5.43 Å². The van der Waals surface area contributed by atoms with E-state index in [1.165, 1.54) is 26.5 Å². The summed E-state index contributed by atoms with van der Waals surface area (Å²) in [5, 5.41) is 7.61. The minimum atomic E-state index is -0.508. The lowest BCUT2D eigenvalue weighted by atomic mass is 10.1. The Morgan fingerprint density at radius 1 is 0.951 bits per heavy atom. The first-order valence-electron chi connectivity index (χ1n) is 12.6. The van der Waals surface area contributed by atoms with E-state index >= 15 is 0 Å². The molecule has 2 N–H and O–H groups in total. The molecule has 0 aliphatic rings. The Kier molecular flexibility index (Phi) is 11.9. The van der Waals surface area contributed by atoms with Crippen molar-refractivity contribution < 1.29 is 28.5 Å². The van der Waals surface area contributed by atoms with Crippen LogP contribution in [0.3, 0.4) is 0 Å². The van der Waals surface area contributed by atoms with Crippen LogP contribution < -0.4 is 29.7 Å². The van der Waals surface area contributed by atoms with E-state index in [4.69, 9.17) is 42.1 Å². The SMILES string of the molecule is C=CCc1cc(C=NNC(=O)CNC(=O)c2ccc(OC)c(OC)c2)cc(OCC)c1OCc1ccc(Cl)cc1Cl. The highest BCUT2D eigenvalue weighted by atomic mass is 35.5. The molecular weight excluding hydrogens is 569 g/mol. The van der Waals surface area contributed by atoms with Crippen LogP contribution >= 0.6 is 23.2 Å². The molecule has 0 aliphatic carbocycles. The van der Waals surface area contributed by atoms with E-state index in [0.717, 1.165) is 11.1 Å². The van der Waals surface area contributed by atoms with Gasteiger partial charge in [-0.15, -0.1) is 6.58 Å². The summed E-state index contributed by atoms with van der Waals surface area (Å²) in [6, 6.07) is 13.5. The summed E-state index contributed by atoms with van der Waals surface area (Å²) in [5.41, 5.74) is 4.97. The lowest BCUT2D eigenvalue weighted by Crippen LogP contribution is -2.34. The van der Waals surface area contributed by atoms with Crippen LogP contribution in [0.25, 0.3) is 0 Å². The number of carbonyl (C=O) groups is 2. The lowest BCUT2D eigenvalue weighted by molar-refractivity contribution is -0.120. The van der Waals surface area contributed by atoms with E-state index < -0.39 is 11.8 Å². The molecule has 0 unspecified atom stereocenters. The van der Waals surface area contributed by atoms with Crippen molar-refractivity contribution in [3.8, 4) is 23.0 Å². The monoisotopic (exact) mass is 599 g/mol. The number of rotatable bonds is 14. The maximum atomic E-state index is 12.4. The van der Waals surface area contributed by atoms with Gasteiger partial charge in [-0.2, -0.15) is 5.10 Å². The van der Waals surface area contributed by atoms with Gasteiger partial charge in [0.1, 0.15) is 6.61 Å². The van der Waals surface area contributed by atoms with Crippen molar-refractivity contribution in [1.29, 1.82) is 0 Å². The summed E-state index contributed by atoms with van der Waals surface area (Å²) in [4.78, 5) is 24.7. The highest BCUT2D eigenvalue weighted by Crippen LogP contribution is 2.35. The molecule has 3 aromatic carbocycles.